The average molecular weight is 200 g/mol. The fourth-order valence-electron chi connectivity index (χ4n) is 1.08. The second-order valence-corrected chi connectivity index (χ2v) is 4.38. The largest absolute Gasteiger partial charge is 0.326 e. The van der Waals surface area contributed by atoms with Gasteiger partial charge >= 0.3 is 0 Å². The summed E-state index contributed by atoms with van der Waals surface area (Å²) in [6.07, 6.45) is 0. The van der Waals surface area contributed by atoms with Crippen molar-refractivity contribution < 1.29 is 8.42 Å². The van der Waals surface area contributed by atoms with Crippen LogP contribution in [0.25, 0.3) is 0 Å². The zero-order valence-electron chi connectivity index (χ0n) is 7.32. The van der Waals surface area contributed by atoms with Crippen molar-refractivity contribution in [3.05, 3.63) is 29.3 Å². The van der Waals surface area contributed by atoms with Crippen LogP contribution < -0.4 is 10.9 Å². The first-order valence-corrected chi connectivity index (χ1v) is 5.32. The molecule has 72 valence electrons. The van der Waals surface area contributed by atoms with Crippen molar-refractivity contribution in [2.75, 3.05) is 0 Å². The molecule has 13 heavy (non-hydrogen) atoms. The highest BCUT2D eigenvalue weighted by atomic mass is 32.2. The van der Waals surface area contributed by atoms with E-state index in [1.807, 2.05) is 0 Å². The highest BCUT2D eigenvalue weighted by Crippen LogP contribution is 2.14. The Bertz CT molecular complexity index is 412. The zero-order valence-corrected chi connectivity index (χ0v) is 8.14. The highest BCUT2D eigenvalue weighted by Gasteiger charge is 2.11. The fourth-order valence-corrected chi connectivity index (χ4v) is 1.91. The standard InChI is InChI=1S/C8H12N2O2S/c1-6-2-3-7(5-9)4-8(6)13(10,11)12/h2-4H,5,9H2,1H3,(H2,10,11,12). The molecule has 0 bridgehead atoms. The Morgan fingerprint density at radius 1 is 1.38 bits per heavy atom. The van der Waals surface area contributed by atoms with E-state index in [2.05, 4.69) is 0 Å². The van der Waals surface area contributed by atoms with Crippen molar-refractivity contribution in [3.63, 3.8) is 0 Å². The normalized spacial score (nSPS) is 11.6. The van der Waals surface area contributed by atoms with E-state index < -0.39 is 10.0 Å². The summed E-state index contributed by atoms with van der Waals surface area (Å²) in [6, 6.07) is 4.98. The highest BCUT2D eigenvalue weighted by molar-refractivity contribution is 7.89. The second-order valence-electron chi connectivity index (χ2n) is 2.85. The van der Waals surface area contributed by atoms with Crippen LogP contribution in [0.4, 0.5) is 0 Å². The molecule has 0 saturated carbocycles. The van der Waals surface area contributed by atoms with Gasteiger partial charge in [0.25, 0.3) is 0 Å². The second kappa shape index (κ2) is 3.45. The van der Waals surface area contributed by atoms with Crippen LogP contribution in [-0.4, -0.2) is 8.42 Å². The number of sulfonamides is 1. The molecule has 0 aliphatic heterocycles. The zero-order chi connectivity index (χ0) is 10.1. The third-order valence-electron chi connectivity index (χ3n) is 1.79. The molecule has 1 aromatic carbocycles. The van der Waals surface area contributed by atoms with Gasteiger partial charge in [-0.3, -0.25) is 0 Å². The molecule has 0 fully saturated rings. The average Bonchev–Trinajstić information content (AvgIpc) is 2.03. The Hall–Kier alpha value is -0.910. The van der Waals surface area contributed by atoms with Crippen LogP contribution in [0.5, 0.6) is 0 Å². The maximum Gasteiger partial charge on any atom is 0.238 e. The van der Waals surface area contributed by atoms with Crippen LogP contribution in [0.2, 0.25) is 0 Å². The van der Waals surface area contributed by atoms with Gasteiger partial charge in [-0.05, 0) is 24.1 Å². The van der Waals surface area contributed by atoms with Gasteiger partial charge in [0.2, 0.25) is 10.0 Å². The predicted molar refractivity (Wildman–Crippen MR) is 50.4 cm³/mol. The third kappa shape index (κ3) is 2.27. The maximum atomic E-state index is 11.1. The van der Waals surface area contributed by atoms with Gasteiger partial charge in [-0.2, -0.15) is 0 Å². The monoisotopic (exact) mass is 200 g/mol. The van der Waals surface area contributed by atoms with Gasteiger partial charge in [0.1, 0.15) is 0 Å². The van der Waals surface area contributed by atoms with Crippen LogP contribution in [0, 0.1) is 6.92 Å². The Balaban J connectivity index is 3.36. The predicted octanol–water partition coefficient (Wildman–Crippen LogP) is 0.101. The SMILES string of the molecule is Cc1ccc(CN)cc1S(N)(=O)=O. The van der Waals surface area contributed by atoms with Gasteiger partial charge in [-0.15, -0.1) is 0 Å². The number of nitrogens with two attached hydrogens (primary N) is 2. The van der Waals surface area contributed by atoms with E-state index in [-0.39, 0.29) is 4.90 Å². The molecule has 0 atom stereocenters. The van der Waals surface area contributed by atoms with E-state index in [4.69, 9.17) is 10.9 Å². The van der Waals surface area contributed by atoms with E-state index in [1.54, 1.807) is 19.1 Å². The van der Waals surface area contributed by atoms with E-state index in [9.17, 15) is 8.42 Å². The molecule has 0 unspecified atom stereocenters. The number of benzene rings is 1. The molecule has 4 nitrogen and oxygen atoms in total. The lowest BCUT2D eigenvalue weighted by molar-refractivity contribution is 0.597. The van der Waals surface area contributed by atoms with Gasteiger partial charge in [0, 0.05) is 6.54 Å². The lowest BCUT2D eigenvalue weighted by Crippen LogP contribution is -2.14. The summed E-state index contributed by atoms with van der Waals surface area (Å²) in [4.78, 5) is 0.149. The first-order valence-electron chi connectivity index (χ1n) is 3.77. The molecule has 0 aromatic heterocycles. The Morgan fingerprint density at radius 2 is 2.00 bits per heavy atom. The summed E-state index contributed by atoms with van der Waals surface area (Å²) in [5.74, 6) is 0. The van der Waals surface area contributed by atoms with Crippen molar-refractivity contribution >= 4 is 10.0 Å². The Labute approximate surface area is 77.6 Å². The molecule has 0 spiro atoms. The topological polar surface area (TPSA) is 86.2 Å². The molecule has 0 radical (unpaired) electrons. The summed E-state index contributed by atoms with van der Waals surface area (Å²) in [5, 5.41) is 5.01. The molecular weight excluding hydrogens is 188 g/mol. The molecule has 0 amide bonds. The number of hydrogen-bond donors (Lipinski definition) is 2. The fraction of sp³-hybridized carbons (Fsp3) is 0.250. The molecule has 0 saturated heterocycles. The molecular formula is C8H12N2O2S. The van der Waals surface area contributed by atoms with Crippen molar-refractivity contribution in [2.24, 2.45) is 10.9 Å². The van der Waals surface area contributed by atoms with Crippen LogP contribution in [0.1, 0.15) is 11.1 Å². The minimum Gasteiger partial charge on any atom is -0.326 e. The molecule has 5 heteroatoms. The quantitative estimate of drug-likeness (QED) is 0.710. The van der Waals surface area contributed by atoms with E-state index in [1.165, 1.54) is 6.07 Å². The molecule has 1 rings (SSSR count). The minimum atomic E-state index is -3.62. The summed E-state index contributed by atoms with van der Waals surface area (Å²) in [6.45, 7) is 2.00. The van der Waals surface area contributed by atoms with Crippen LogP contribution in [0.3, 0.4) is 0 Å². The lowest BCUT2D eigenvalue weighted by atomic mass is 10.1. The number of hydrogen-bond acceptors (Lipinski definition) is 3. The summed E-state index contributed by atoms with van der Waals surface area (Å²) < 4.78 is 22.1. The summed E-state index contributed by atoms with van der Waals surface area (Å²) >= 11 is 0. The number of aryl methyl sites for hydroxylation is 1. The molecule has 1 aromatic rings. The van der Waals surface area contributed by atoms with E-state index >= 15 is 0 Å². The molecule has 0 heterocycles. The van der Waals surface area contributed by atoms with Crippen molar-refractivity contribution in [1.29, 1.82) is 0 Å². The molecule has 0 aliphatic rings. The van der Waals surface area contributed by atoms with Crippen LogP contribution in [-0.2, 0) is 16.6 Å². The van der Waals surface area contributed by atoms with Crippen LogP contribution >= 0.6 is 0 Å². The smallest absolute Gasteiger partial charge is 0.238 e. The first-order chi connectivity index (χ1) is 5.95. The maximum absolute atomic E-state index is 11.1. The molecule has 0 aliphatic carbocycles. The number of primary sulfonamides is 1. The van der Waals surface area contributed by atoms with Crippen molar-refractivity contribution in [1.82, 2.24) is 0 Å². The Morgan fingerprint density at radius 3 is 2.46 bits per heavy atom. The van der Waals surface area contributed by atoms with Crippen LogP contribution in [0.15, 0.2) is 23.1 Å². The minimum absolute atomic E-state index is 0.149. The van der Waals surface area contributed by atoms with Gasteiger partial charge in [-0.1, -0.05) is 12.1 Å². The first kappa shape index (κ1) is 10.2. The molecule has 4 N–H and O–H groups in total. The van der Waals surface area contributed by atoms with E-state index in [0.717, 1.165) is 5.56 Å². The van der Waals surface area contributed by atoms with Gasteiger partial charge in [-0.25, -0.2) is 13.6 Å². The lowest BCUT2D eigenvalue weighted by Gasteiger charge is -2.04. The Kier molecular flexibility index (Phi) is 2.70. The summed E-state index contributed by atoms with van der Waals surface area (Å²) in [5.41, 5.74) is 6.77. The third-order valence-corrected chi connectivity index (χ3v) is 2.85. The number of rotatable bonds is 2. The van der Waals surface area contributed by atoms with Crippen molar-refractivity contribution in [3.8, 4) is 0 Å². The summed E-state index contributed by atoms with van der Waals surface area (Å²) in [7, 11) is -3.62. The van der Waals surface area contributed by atoms with Gasteiger partial charge in [0.15, 0.2) is 0 Å². The van der Waals surface area contributed by atoms with E-state index in [0.29, 0.717) is 12.1 Å². The van der Waals surface area contributed by atoms with Gasteiger partial charge < -0.3 is 5.73 Å². The van der Waals surface area contributed by atoms with Gasteiger partial charge in [0.05, 0.1) is 4.90 Å². The van der Waals surface area contributed by atoms with Crippen molar-refractivity contribution in [2.45, 2.75) is 18.4 Å².